The number of imidazole rings is 1. The number of halogens is 1. The topological polar surface area (TPSA) is 50.7 Å². The Bertz CT molecular complexity index is 691. The Balaban J connectivity index is 2.40. The highest BCUT2D eigenvalue weighted by molar-refractivity contribution is 5.37. The van der Waals surface area contributed by atoms with Gasteiger partial charge in [0, 0.05) is 18.4 Å². The van der Waals surface area contributed by atoms with Crippen LogP contribution in [0.15, 0.2) is 35.4 Å². The summed E-state index contributed by atoms with van der Waals surface area (Å²) in [4.78, 5) is 12.0. The predicted octanol–water partition coefficient (Wildman–Crippen LogP) is 2.29. The monoisotopic (exact) mass is 259 g/mol. The van der Waals surface area contributed by atoms with Crippen LogP contribution in [0.1, 0.15) is 31.0 Å². The Morgan fingerprint density at radius 2 is 2.11 bits per heavy atom. The standard InChI is InChI=1S/C14H14FN3O/c1-10(2)18-6-5-17(14(18)19)9-12-7-13(15)4-3-11(12)8-16/h3-7,10H,9H2,1-2H3. The third-order valence-corrected chi connectivity index (χ3v) is 2.96. The van der Waals surface area contributed by atoms with Crippen molar-refractivity contribution in [2.75, 3.05) is 0 Å². The molecule has 0 aliphatic rings. The van der Waals surface area contributed by atoms with Crippen LogP contribution in [0, 0.1) is 17.1 Å². The van der Waals surface area contributed by atoms with E-state index in [1.165, 1.54) is 22.8 Å². The van der Waals surface area contributed by atoms with Gasteiger partial charge >= 0.3 is 5.69 Å². The fraction of sp³-hybridized carbons (Fsp3) is 0.286. The second-order valence-corrected chi connectivity index (χ2v) is 4.62. The number of aromatic nitrogens is 2. The highest BCUT2D eigenvalue weighted by Gasteiger charge is 2.09. The van der Waals surface area contributed by atoms with E-state index in [4.69, 9.17) is 5.26 Å². The quantitative estimate of drug-likeness (QED) is 0.849. The van der Waals surface area contributed by atoms with Gasteiger partial charge in [-0.05, 0) is 37.6 Å². The van der Waals surface area contributed by atoms with Gasteiger partial charge in [-0.2, -0.15) is 5.26 Å². The molecular formula is C14H14FN3O. The fourth-order valence-electron chi connectivity index (χ4n) is 1.93. The van der Waals surface area contributed by atoms with Crippen LogP contribution in [0.3, 0.4) is 0 Å². The van der Waals surface area contributed by atoms with Crippen molar-refractivity contribution in [1.29, 1.82) is 5.26 Å². The summed E-state index contributed by atoms with van der Waals surface area (Å²) in [6.45, 7) is 4.02. The molecule has 1 aromatic heterocycles. The van der Waals surface area contributed by atoms with Crippen LogP contribution in [-0.4, -0.2) is 9.13 Å². The van der Waals surface area contributed by atoms with Crippen molar-refractivity contribution < 1.29 is 4.39 Å². The van der Waals surface area contributed by atoms with Crippen LogP contribution in [-0.2, 0) is 6.54 Å². The van der Waals surface area contributed by atoms with Crippen molar-refractivity contribution in [2.45, 2.75) is 26.4 Å². The maximum Gasteiger partial charge on any atom is 0.328 e. The van der Waals surface area contributed by atoms with E-state index in [-0.39, 0.29) is 18.3 Å². The largest absolute Gasteiger partial charge is 0.328 e. The molecule has 0 unspecified atom stereocenters. The zero-order valence-electron chi connectivity index (χ0n) is 10.8. The Labute approximate surface area is 110 Å². The lowest BCUT2D eigenvalue weighted by Gasteiger charge is -2.06. The van der Waals surface area contributed by atoms with Crippen LogP contribution in [0.2, 0.25) is 0 Å². The minimum atomic E-state index is -0.412. The molecule has 4 nitrogen and oxygen atoms in total. The Kier molecular flexibility index (Phi) is 3.52. The summed E-state index contributed by atoms with van der Waals surface area (Å²) in [5.41, 5.74) is 0.722. The summed E-state index contributed by atoms with van der Waals surface area (Å²) in [6.07, 6.45) is 3.34. The molecule has 0 fully saturated rings. The molecule has 0 aliphatic heterocycles. The van der Waals surface area contributed by atoms with Crippen molar-refractivity contribution >= 4 is 0 Å². The first-order valence-electron chi connectivity index (χ1n) is 5.98. The highest BCUT2D eigenvalue weighted by Crippen LogP contribution is 2.12. The van der Waals surface area contributed by atoms with E-state index in [0.29, 0.717) is 11.1 Å². The van der Waals surface area contributed by atoms with Crippen molar-refractivity contribution in [1.82, 2.24) is 9.13 Å². The van der Waals surface area contributed by atoms with Crippen molar-refractivity contribution in [3.8, 4) is 6.07 Å². The zero-order chi connectivity index (χ0) is 14.0. The molecule has 0 bridgehead atoms. The summed E-state index contributed by atoms with van der Waals surface area (Å²) >= 11 is 0. The van der Waals surface area contributed by atoms with E-state index in [2.05, 4.69) is 0 Å². The molecule has 2 aromatic rings. The Hall–Kier alpha value is -2.35. The van der Waals surface area contributed by atoms with Gasteiger partial charge in [0.25, 0.3) is 0 Å². The second-order valence-electron chi connectivity index (χ2n) is 4.62. The van der Waals surface area contributed by atoms with E-state index >= 15 is 0 Å². The van der Waals surface area contributed by atoms with E-state index in [0.717, 1.165) is 0 Å². The first kappa shape index (κ1) is 13.1. The second kappa shape index (κ2) is 5.11. The summed E-state index contributed by atoms with van der Waals surface area (Å²) in [5, 5.41) is 8.99. The average Bonchev–Trinajstić information content (AvgIpc) is 2.71. The molecule has 5 heteroatoms. The third-order valence-electron chi connectivity index (χ3n) is 2.96. The number of nitrogens with zero attached hydrogens (tertiary/aromatic N) is 3. The van der Waals surface area contributed by atoms with Gasteiger partial charge < -0.3 is 0 Å². The maximum atomic E-state index is 13.2. The lowest BCUT2D eigenvalue weighted by atomic mass is 10.1. The van der Waals surface area contributed by atoms with Crippen LogP contribution < -0.4 is 5.69 Å². The first-order valence-corrected chi connectivity index (χ1v) is 5.98. The van der Waals surface area contributed by atoms with Gasteiger partial charge in [0.2, 0.25) is 0 Å². The van der Waals surface area contributed by atoms with Gasteiger partial charge in [0.15, 0.2) is 0 Å². The van der Waals surface area contributed by atoms with Crippen molar-refractivity contribution in [2.24, 2.45) is 0 Å². The van der Waals surface area contributed by atoms with Crippen molar-refractivity contribution in [3.05, 3.63) is 58.0 Å². The molecule has 98 valence electrons. The predicted molar refractivity (Wildman–Crippen MR) is 69.3 cm³/mol. The van der Waals surface area contributed by atoms with E-state index < -0.39 is 5.82 Å². The highest BCUT2D eigenvalue weighted by atomic mass is 19.1. The normalized spacial score (nSPS) is 10.7. The summed E-state index contributed by atoms with van der Waals surface area (Å²) in [7, 11) is 0. The molecule has 0 radical (unpaired) electrons. The molecule has 0 amide bonds. The molecule has 0 atom stereocenters. The van der Waals surface area contributed by atoms with Gasteiger partial charge in [-0.1, -0.05) is 0 Å². The Morgan fingerprint density at radius 1 is 1.37 bits per heavy atom. The summed E-state index contributed by atoms with van der Waals surface area (Å²) < 4.78 is 16.3. The SMILES string of the molecule is CC(C)n1ccn(Cc2cc(F)ccc2C#N)c1=O. The number of nitriles is 1. The van der Waals surface area contributed by atoms with Crippen LogP contribution in [0.5, 0.6) is 0 Å². The lowest BCUT2D eigenvalue weighted by Crippen LogP contribution is -2.25. The smallest absolute Gasteiger partial charge is 0.297 e. The van der Waals surface area contributed by atoms with Crippen LogP contribution in [0.25, 0.3) is 0 Å². The van der Waals surface area contributed by atoms with Crippen LogP contribution in [0.4, 0.5) is 4.39 Å². The van der Waals surface area contributed by atoms with Gasteiger partial charge in [-0.15, -0.1) is 0 Å². The van der Waals surface area contributed by atoms with E-state index in [1.807, 2.05) is 19.9 Å². The van der Waals surface area contributed by atoms with Gasteiger partial charge in [-0.3, -0.25) is 9.13 Å². The average molecular weight is 259 g/mol. The fourth-order valence-corrected chi connectivity index (χ4v) is 1.93. The molecule has 2 rings (SSSR count). The summed E-state index contributed by atoms with van der Waals surface area (Å²) in [6, 6.07) is 6.02. The first-order chi connectivity index (χ1) is 9.02. The minimum absolute atomic E-state index is 0.0664. The molecule has 0 saturated heterocycles. The molecular weight excluding hydrogens is 245 g/mol. The number of hydrogen-bond donors (Lipinski definition) is 0. The molecule has 19 heavy (non-hydrogen) atoms. The van der Waals surface area contributed by atoms with Crippen molar-refractivity contribution in [3.63, 3.8) is 0 Å². The van der Waals surface area contributed by atoms with E-state index in [9.17, 15) is 9.18 Å². The lowest BCUT2D eigenvalue weighted by molar-refractivity contribution is 0.560. The molecule has 1 heterocycles. The van der Waals surface area contributed by atoms with Gasteiger partial charge in [0.05, 0.1) is 18.2 Å². The number of rotatable bonds is 3. The van der Waals surface area contributed by atoms with Gasteiger partial charge in [-0.25, -0.2) is 9.18 Å². The maximum absolute atomic E-state index is 13.2. The number of hydrogen-bond acceptors (Lipinski definition) is 2. The molecule has 0 saturated carbocycles. The summed E-state index contributed by atoms with van der Waals surface area (Å²) in [5.74, 6) is -0.412. The number of benzene rings is 1. The third kappa shape index (κ3) is 2.58. The Morgan fingerprint density at radius 3 is 2.68 bits per heavy atom. The molecule has 0 spiro atoms. The molecule has 0 aliphatic carbocycles. The van der Waals surface area contributed by atoms with Gasteiger partial charge in [0.1, 0.15) is 5.82 Å². The van der Waals surface area contributed by atoms with Crippen LogP contribution >= 0.6 is 0 Å². The van der Waals surface area contributed by atoms with E-state index in [1.54, 1.807) is 17.0 Å². The molecule has 0 N–H and O–H groups in total. The minimum Gasteiger partial charge on any atom is -0.297 e. The molecule has 1 aromatic carbocycles. The zero-order valence-corrected chi connectivity index (χ0v) is 10.8.